The van der Waals surface area contributed by atoms with Gasteiger partial charge in [-0.2, -0.15) is 0 Å². The van der Waals surface area contributed by atoms with Gasteiger partial charge in [-0.1, -0.05) is 24.3 Å². The second-order valence-corrected chi connectivity index (χ2v) is 7.50. The van der Waals surface area contributed by atoms with E-state index in [1.54, 1.807) is 11.3 Å². The molecule has 3 rings (SSSR count). The first-order valence-electron chi connectivity index (χ1n) is 9.08. The highest BCUT2D eigenvalue weighted by molar-refractivity contribution is 7.09. The van der Waals surface area contributed by atoms with Gasteiger partial charge in [-0.15, -0.1) is 11.3 Å². The van der Waals surface area contributed by atoms with Gasteiger partial charge < -0.3 is 10.2 Å². The van der Waals surface area contributed by atoms with Crippen molar-refractivity contribution in [2.75, 3.05) is 38.0 Å². The zero-order valence-electron chi connectivity index (χ0n) is 14.9. The van der Waals surface area contributed by atoms with E-state index in [2.05, 4.69) is 16.3 Å². The standard InChI is InChI=1S/C20H25N3O2S/c24-19(21-17-5-2-1-3-6-17)10-11-22-12-14-23(15-13-22)20(25)9-8-18-7-4-16-26-18/h1-7,16H,8-15H2,(H,21,24). The molecule has 2 amide bonds. The van der Waals surface area contributed by atoms with Gasteiger partial charge in [-0.25, -0.2) is 0 Å². The predicted octanol–water partition coefficient (Wildman–Crippen LogP) is 2.85. The molecule has 1 N–H and O–H groups in total. The Balaban J connectivity index is 1.33. The van der Waals surface area contributed by atoms with Crippen molar-refractivity contribution in [3.63, 3.8) is 0 Å². The minimum Gasteiger partial charge on any atom is -0.340 e. The summed E-state index contributed by atoms with van der Waals surface area (Å²) in [7, 11) is 0. The minimum atomic E-state index is 0.0330. The molecule has 1 aromatic carbocycles. The van der Waals surface area contributed by atoms with Crippen LogP contribution >= 0.6 is 11.3 Å². The topological polar surface area (TPSA) is 52.7 Å². The highest BCUT2D eigenvalue weighted by atomic mass is 32.1. The maximum Gasteiger partial charge on any atom is 0.225 e. The van der Waals surface area contributed by atoms with E-state index in [1.165, 1.54) is 4.88 Å². The number of anilines is 1. The number of benzene rings is 1. The molecule has 2 aromatic rings. The van der Waals surface area contributed by atoms with Gasteiger partial charge in [0.1, 0.15) is 0 Å². The molecule has 2 heterocycles. The number of nitrogens with one attached hydrogen (secondary N) is 1. The summed E-state index contributed by atoms with van der Waals surface area (Å²) in [4.78, 5) is 29.8. The highest BCUT2D eigenvalue weighted by Gasteiger charge is 2.21. The van der Waals surface area contributed by atoms with Crippen LogP contribution in [-0.4, -0.2) is 54.3 Å². The Hall–Kier alpha value is -2.18. The monoisotopic (exact) mass is 371 g/mol. The fraction of sp³-hybridized carbons (Fsp3) is 0.400. The lowest BCUT2D eigenvalue weighted by molar-refractivity contribution is -0.133. The average molecular weight is 372 g/mol. The summed E-state index contributed by atoms with van der Waals surface area (Å²) in [6, 6.07) is 13.6. The number of hydrogen-bond acceptors (Lipinski definition) is 4. The number of nitrogens with zero attached hydrogens (tertiary/aromatic N) is 2. The van der Waals surface area contributed by atoms with Gasteiger partial charge in [0.25, 0.3) is 0 Å². The molecule has 1 saturated heterocycles. The minimum absolute atomic E-state index is 0.0330. The second kappa shape index (κ2) is 9.50. The van der Waals surface area contributed by atoms with Crippen molar-refractivity contribution in [2.24, 2.45) is 0 Å². The van der Waals surface area contributed by atoms with Crippen LogP contribution in [0.3, 0.4) is 0 Å². The lowest BCUT2D eigenvalue weighted by Gasteiger charge is -2.34. The van der Waals surface area contributed by atoms with Crippen LogP contribution in [0.25, 0.3) is 0 Å². The van der Waals surface area contributed by atoms with Crippen molar-refractivity contribution in [1.82, 2.24) is 9.80 Å². The Kier molecular flexibility index (Phi) is 6.80. The van der Waals surface area contributed by atoms with Crippen molar-refractivity contribution in [3.8, 4) is 0 Å². The molecule has 1 aliphatic rings. The normalized spacial score (nSPS) is 15.0. The molecule has 0 spiro atoms. The number of amides is 2. The first-order valence-corrected chi connectivity index (χ1v) is 9.96. The second-order valence-electron chi connectivity index (χ2n) is 6.47. The Morgan fingerprint density at radius 2 is 1.73 bits per heavy atom. The summed E-state index contributed by atoms with van der Waals surface area (Å²) < 4.78 is 0. The summed E-state index contributed by atoms with van der Waals surface area (Å²) in [6.07, 6.45) is 1.89. The molecule has 138 valence electrons. The van der Waals surface area contributed by atoms with Crippen LogP contribution in [0.15, 0.2) is 47.8 Å². The van der Waals surface area contributed by atoms with E-state index in [-0.39, 0.29) is 11.8 Å². The van der Waals surface area contributed by atoms with Crippen LogP contribution in [0.4, 0.5) is 5.69 Å². The maximum absolute atomic E-state index is 12.3. The van der Waals surface area contributed by atoms with E-state index in [0.717, 1.165) is 44.8 Å². The summed E-state index contributed by atoms with van der Waals surface area (Å²) in [6.45, 7) is 3.91. The molecule has 1 fully saturated rings. The van der Waals surface area contributed by atoms with E-state index in [9.17, 15) is 9.59 Å². The summed E-state index contributed by atoms with van der Waals surface area (Å²) >= 11 is 1.70. The van der Waals surface area contributed by atoms with Crippen LogP contribution in [0.5, 0.6) is 0 Å². The fourth-order valence-electron chi connectivity index (χ4n) is 3.07. The quantitative estimate of drug-likeness (QED) is 0.814. The van der Waals surface area contributed by atoms with Crippen LogP contribution in [-0.2, 0) is 16.0 Å². The van der Waals surface area contributed by atoms with Gasteiger partial charge in [0.05, 0.1) is 0 Å². The molecule has 0 atom stereocenters. The number of thiophene rings is 1. The maximum atomic E-state index is 12.3. The van der Waals surface area contributed by atoms with Crippen molar-refractivity contribution < 1.29 is 9.59 Å². The van der Waals surface area contributed by atoms with Gasteiger partial charge >= 0.3 is 0 Å². The Morgan fingerprint density at radius 1 is 0.962 bits per heavy atom. The van der Waals surface area contributed by atoms with Gasteiger partial charge in [0.15, 0.2) is 0 Å². The van der Waals surface area contributed by atoms with Crippen molar-refractivity contribution >= 4 is 28.8 Å². The van der Waals surface area contributed by atoms with Gasteiger partial charge in [-0.3, -0.25) is 14.5 Å². The molecule has 6 heteroatoms. The summed E-state index contributed by atoms with van der Waals surface area (Å²) in [5, 5.41) is 4.96. The van der Waals surface area contributed by atoms with E-state index in [1.807, 2.05) is 46.7 Å². The molecule has 1 aromatic heterocycles. The number of rotatable bonds is 7. The van der Waals surface area contributed by atoms with E-state index < -0.39 is 0 Å². The van der Waals surface area contributed by atoms with E-state index >= 15 is 0 Å². The first-order chi connectivity index (χ1) is 12.7. The Bertz CT molecular complexity index is 695. The lowest BCUT2D eigenvalue weighted by Crippen LogP contribution is -2.49. The Labute approximate surface area is 158 Å². The smallest absolute Gasteiger partial charge is 0.225 e. The Morgan fingerprint density at radius 3 is 2.42 bits per heavy atom. The number of hydrogen-bond donors (Lipinski definition) is 1. The first kappa shape index (κ1) is 18.6. The van der Waals surface area contributed by atoms with Crippen LogP contribution in [0.1, 0.15) is 17.7 Å². The van der Waals surface area contributed by atoms with Gasteiger partial charge in [-0.05, 0) is 30.0 Å². The van der Waals surface area contributed by atoms with E-state index in [4.69, 9.17) is 0 Å². The van der Waals surface area contributed by atoms with Crippen molar-refractivity contribution in [3.05, 3.63) is 52.7 Å². The molecule has 0 unspecified atom stereocenters. The summed E-state index contributed by atoms with van der Waals surface area (Å²) in [5.41, 5.74) is 0.832. The SMILES string of the molecule is O=C(CCN1CCN(C(=O)CCc2cccs2)CC1)Nc1ccccc1. The number of aryl methyl sites for hydroxylation is 1. The van der Waals surface area contributed by atoms with E-state index in [0.29, 0.717) is 12.8 Å². The third kappa shape index (κ3) is 5.68. The molecule has 0 aliphatic carbocycles. The van der Waals surface area contributed by atoms with Gasteiger partial charge in [0, 0.05) is 56.1 Å². The largest absolute Gasteiger partial charge is 0.340 e. The third-order valence-corrected chi connectivity index (χ3v) is 5.54. The zero-order chi connectivity index (χ0) is 18.2. The molecule has 26 heavy (non-hydrogen) atoms. The number of carbonyl (C=O) groups is 2. The number of carbonyl (C=O) groups excluding carboxylic acids is 2. The van der Waals surface area contributed by atoms with Crippen molar-refractivity contribution in [2.45, 2.75) is 19.3 Å². The molecule has 1 aliphatic heterocycles. The number of para-hydroxylation sites is 1. The predicted molar refractivity (Wildman–Crippen MR) is 105 cm³/mol. The number of piperazine rings is 1. The summed E-state index contributed by atoms with van der Waals surface area (Å²) in [5.74, 6) is 0.269. The third-order valence-electron chi connectivity index (χ3n) is 4.60. The molecule has 5 nitrogen and oxygen atoms in total. The molecule has 0 saturated carbocycles. The fourth-order valence-corrected chi connectivity index (χ4v) is 3.78. The van der Waals surface area contributed by atoms with Gasteiger partial charge in [0.2, 0.25) is 11.8 Å². The lowest BCUT2D eigenvalue weighted by atomic mass is 10.2. The van der Waals surface area contributed by atoms with Crippen LogP contribution in [0.2, 0.25) is 0 Å². The molecular formula is C20H25N3O2S. The van der Waals surface area contributed by atoms with Crippen LogP contribution < -0.4 is 5.32 Å². The zero-order valence-corrected chi connectivity index (χ0v) is 15.7. The van der Waals surface area contributed by atoms with Crippen molar-refractivity contribution in [1.29, 1.82) is 0 Å². The molecule has 0 bridgehead atoms. The highest BCUT2D eigenvalue weighted by Crippen LogP contribution is 2.13. The average Bonchev–Trinajstić information content (AvgIpc) is 3.19. The molecular weight excluding hydrogens is 346 g/mol. The molecule has 0 radical (unpaired) electrons. The van der Waals surface area contributed by atoms with Crippen LogP contribution in [0, 0.1) is 0 Å².